The van der Waals surface area contributed by atoms with Gasteiger partial charge in [0.1, 0.15) is 21.9 Å². The summed E-state index contributed by atoms with van der Waals surface area (Å²) in [6.45, 7) is 2.31. The minimum absolute atomic E-state index is 0.0992. The van der Waals surface area contributed by atoms with E-state index in [1.54, 1.807) is 24.8 Å². The first-order valence-corrected chi connectivity index (χ1v) is 10.5. The second-order valence-electron chi connectivity index (χ2n) is 6.65. The lowest BCUT2D eigenvalue weighted by Gasteiger charge is -2.18. The molecular formula is C20H20N2O2S2. The number of fused-ring (bicyclic) bond motifs is 3. The Hall–Kier alpha value is -1.92. The van der Waals surface area contributed by atoms with Crippen molar-refractivity contribution in [1.29, 1.82) is 0 Å². The van der Waals surface area contributed by atoms with Crippen molar-refractivity contribution in [3.8, 4) is 5.75 Å². The van der Waals surface area contributed by atoms with Crippen molar-refractivity contribution in [2.75, 3.05) is 12.9 Å². The summed E-state index contributed by atoms with van der Waals surface area (Å²) in [6, 6.07) is 7.25. The summed E-state index contributed by atoms with van der Waals surface area (Å²) >= 11 is 3.30. The number of carbonyl (C=O) groups is 1. The SMILES string of the molecule is COc1ccc(C(=O)CSc2ncnc3sc4c(c23)CC[C@@H](C)C4)cc1. The largest absolute Gasteiger partial charge is 0.497 e. The summed E-state index contributed by atoms with van der Waals surface area (Å²) in [7, 11) is 1.62. The Kier molecular flexibility index (Phi) is 4.96. The molecule has 0 saturated heterocycles. The van der Waals surface area contributed by atoms with Gasteiger partial charge in [-0.3, -0.25) is 4.79 Å². The average molecular weight is 385 g/mol. The van der Waals surface area contributed by atoms with Gasteiger partial charge in [-0.1, -0.05) is 18.7 Å². The van der Waals surface area contributed by atoms with E-state index in [0.29, 0.717) is 11.3 Å². The standard InChI is InChI=1S/C20H20N2O2S2/c1-12-3-8-15-17(9-12)26-20-18(15)19(21-11-22-20)25-10-16(23)13-4-6-14(24-2)7-5-13/h4-7,11-12H,3,8-10H2,1-2H3/t12-/m1/s1. The monoisotopic (exact) mass is 384 g/mol. The summed E-state index contributed by atoms with van der Waals surface area (Å²) in [4.78, 5) is 24.0. The van der Waals surface area contributed by atoms with E-state index in [1.807, 2.05) is 24.3 Å². The van der Waals surface area contributed by atoms with Crippen molar-refractivity contribution in [1.82, 2.24) is 9.97 Å². The van der Waals surface area contributed by atoms with Gasteiger partial charge in [0.2, 0.25) is 0 Å². The van der Waals surface area contributed by atoms with Gasteiger partial charge < -0.3 is 4.74 Å². The molecule has 1 aliphatic carbocycles. The number of aryl methyl sites for hydroxylation is 1. The Labute approximate surface area is 161 Å². The quantitative estimate of drug-likeness (QED) is 0.359. The number of benzene rings is 1. The van der Waals surface area contributed by atoms with Crippen LogP contribution in [0.15, 0.2) is 35.6 Å². The number of ketones is 1. The van der Waals surface area contributed by atoms with E-state index in [1.165, 1.54) is 34.0 Å². The van der Waals surface area contributed by atoms with E-state index in [-0.39, 0.29) is 5.78 Å². The van der Waals surface area contributed by atoms with Crippen LogP contribution in [0.5, 0.6) is 5.75 Å². The fourth-order valence-corrected chi connectivity index (χ4v) is 5.69. The molecule has 1 aliphatic rings. The second kappa shape index (κ2) is 7.37. The zero-order valence-corrected chi connectivity index (χ0v) is 16.5. The molecule has 1 atom stereocenters. The maximum absolute atomic E-state index is 12.5. The lowest BCUT2D eigenvalue weighted by atomic mass is 9.89. The highest BCUT2D eigenvalue weighted by Crippen LogP contribution is 2.40. The Morgan fingerprint density at radius 1 is 1.31 bits per heavy atom. The van der Waals surface area contributed by atoms with Gasteiger partial charge in [-0.2, -0.15) is 0 Å². The number of hydrogen-bond donors (Lipinski definition) is 0. The minimum Gasteiger partial charge on any atom is -0.497 e. The Balaban J connectivity index is 1.56. The number of aromatic nitrogens is 2. The molecule has 6 heteroatoms. The van der Waals surface area contributed by atoms with Gasteiger partial charge in [0, 0.05) is 15.8 Å². The third kappa shape index (κ3) is 3.35. The lowest BCUT2D eigenvalue weighted by molar-refractivity contribution is 0.102. The molecule has 0 unspecified atom stereocenters. The van der Waals surface area contributed by atoms with Crippen molar-refractivity contribution >= 4 is 39.1 Å². The molecular weight excluding hydrogens is 364 g/mol. The Bertz CT molecular complexity index is 950. The first-order valence-electron chi connectivity index (χ1n) is 8.71. The highest BCUT2D eigenvalue weighted by molar-refractivity contribution is 8.00. The molecule has 0 amide bonds. The molecule has 0 N–H and O–H groups in total. The van der Waals surface area contributed by atoms with Crippen LogP contribution < -0.4 is 4.74 Å². The van der Waals surface area contributed by atoms with E-state index >= 15 is 0 Å². The van der Waals surface area contributed by atoms with Crippen molar-refractivity contribution in [3.63, 3.8) is 0 Å². The zero-order valence-electron chi connectivity index (χ0n) is 14.8. The molecule has 0 spiro atoms. The van der Waals surface area contributed by atoms with Crippen LogP contribution in [-0.4, -0.2) is 28.6 Å². The predicted molar refractivity (Wildman–Crippen MR) is 107 cm³/mol. The molecule has 3 aromatic rings. The molecule has 0 saturated carbocycles. The summed E-state index contributed by atoms with van der Waals surface area (Å²) in [5.74, 6) is 1.96. The normalized spacial score (nSPS) is 16.5. The van der Waals surface area contributed by atoms with Crippen molar-refractivity contribution in [3.05, 3.63) is 46.6 Å². The number of rotatable bonds is 5. The summed E-state index contributed by atoms with van der Waals surface area (Å²) in [5.41, 5.74) is 2.10. The topological polar surface area (TPSA) is 52.1 Å². The fraction of sp³-hybridized carbons (Fsp3) is 0.350. The number of methoxy groups -OCH3 is 1. The number of ether oxygens (including phenoxy) is 1. The van der Waals surface area contributed by atoms with Gasteiger partial charge >= 0.3 is 0 Å². The van der Waals surface area contributed by atoms with Crippen molar-refractivity contribution < 1.29 is 9.53 Å². The molecule has 4 rings (SSSR count). The number of nitrogens with zero attached hydrogens (tertiary/aromatic N) is 2. The molecule has 4 nitrogen and oxygen atoms in total. The average Bonchev–Trinajstić information content (AvgIpc) is 3.04. The van der Waals surface area contributed by atoms with Gasteiger partial charge in [0.25, 0.3) is 0 Å². The van der Waals surface area contributed by atoms with Gasteiger partial charge in [0.15, 0.2) is 5.78 Å². The Morgan fingerprint density at radius 2 is 2.12 bits per heavy atom. The number of hydrogen-bond acceptors (Lipinski definition) is 6. The van der Waals surface area contributed by atoms with E-state index in [0.717, 1.165) is 34.4 Å². The highest BCUT2D eigenvalue weighted by atomic mass is 32.2. The Morgan fingerprint density at radius 3 is 2.88 bits per heavy atom. The van der Waals surface area contributed by atoms with Crippen LogP contribution in [0.2, 0.25) is 0 Å². The van der Waals surface area contributed by atoms with Gasteiger partial charge in [-0.05, 0) is 55.0 Å². The fourth-order valence-electron chi connectivity index (χ4n) is 3.35. The van der Waals surface area contributed by atoms with Crippen LogP contribution in [-0.2, 0) is 12.8 Å². The molecule has 134 valence electrons. The lowest BCUT2D eigenvalue weighted by Crippen LogP contribution is -2.09. The minimum atomic E-state index is 0.0992. The van der Waals surface area contributed by atoms with Crippen molar-refractivity contribution in [2.24, 2.45) is 5.92 Å². The van der Waals surface area contributed by atoms with Gasteiger partial charge in [-0.25, -0.2) is 9.97 Å². The third-order valence-corrected chi connectivity index (χ3v) is 6.96. The van der Waals surface area contributed by atoms with Crippen LogP contribution in [0, 0.1) is 5.92 Å². The van der Waals surface area contributed by atoms with Crippen LogP contribution in [0.25, 0.3) is 10.2 Å². The molecule has 26 heavy (non-hydrogen) atoms. The van der Waals surface area contributed by atoms with E-state index in [4.69, 9.17) is 4.74 Å². The van der Waals surface area contributed by atoms with Crippen LogP contribution in [0.1, 0.15) is 34.1 Å². The van der Waals surface area contributed by atoms with E-state index < -0.39 is 0 Å². The van der Waals surface area contributed by atoms with Crippen molar-refractivity contribution in [2.45, 2.75) is 31.2 Å². The molecule has 0 aliphatic heterocycles. The second-order valence-corrected chi connectivity index (χ2v) is 8.70. The smallest absolute Gasteiger partial charge is 0.173 e. The van der Waals surface area contributed by atoms with Gasteiger partial charge in [0.05, 0.1) is 12.9 Å². The molecule has 0 bridgehead atoms. The molecule has 2 aromatic heterocycles. The first kappa shape index (κ1) is 17.5. The summed E-state index contributed by atoms with van der Waals surface area (Å²) < 4.78 is 5.15. The number of Topliss-reactive ketones (excluding diaryl/α,β-unsaturated/α-hetero) is 1. The zero-order chi connectivity index (χ0) is 18.1. The molecule has 2 heterocycles. The van der Waals surface area contributed by atoms with Gasteiger partial charge in [-0.15, -0.1) is 11.3 Å². The maximum Gasteiger partial charge on any atom is 0.173 e. The van der Waals surface area contributed by atoms with E-state index in [2.05, 4.69) is 16.9 Å². The molecule has 0 radical (unpaired) electrons. The van der Waals surface area contributed by atoms with Crippen LogP contribution in [0.4, 0.5) is 0 Å². The first-order chi connectivity index (χ1) is 12.7. The maximum atomic E-state index is 12.5. The number of thiophene rings is 1. The van der Waals surface area contributed by atoms with Crippen LogP contribution in [0.3, 0.4) is 0 Å². The highest BCUT2D eigenvalue weighted by Gasteiger charge is 2.23. The summed E-state index contributed by atoms with van der Waals surface area (Å²) in [6.07, 6.45) is 5.05. The molecule has 1 aromatic carbocycles. The third-order valence-electron chi connectivity index (χ3n) is 4.81. The van der Waals surface area contributed by atoms with E-state index in [9.17, 15) is 4.79 Å². The summed E-state index contributed by atoms with van der Waals surface area (Å²) in [5, 5.41) is 2.11. The number of carbonyl (C=O) groups excluding carboxylic acids is 1. The number of thioether (sulfide) groups is 1. The predicted octanol–water partition coefficient (Wildman–Crippen LogP) is 4.80. The van der Waals surface area contributed by atoms with Crippen LogP contribution >= 0.6 is 23.1 Å². The molecule has 0 fully saturated rings.